The van der Waals surface area contributed by atoms with Crippen LogP contribution in [-0.2, 0) is 32.7 Å². The fraction of sp³-hybridized carbons (Fsp3) is 0.476. The molecule has 2 rings (SSSR count). The summed E-state index contributed by atoms with van der Waals surface area (Å²) in [6.07, 6.45) is 14.9. The molecule has 1 aromatic rings. The van der Waals surface area contributed by atoms with E-state index in [2.05, 4.69) is 25.6 Å². The molecule has 2 atom stereocenters. The Morgan fingerprint density at radius 3 is 2.71 bits per heavy atom. The standard InChI is InChI=1S/C21H28NO.Y/c1-5-16(2)9-11-18(4)22-14-13-20(15-21(22)23)19-8-6-7-17(3)10-12-19;/h5,11,13-15,17,19H,1,6-8,10,12H2,2-4H3;/q-1;/b18-11+;. The fourth-order valence-electron chi connectivity index (χ4n) is 3.21. The van der Waals surface area contributed by atoms with E-state index >= 15 is 0 Å². The van der Waals surface area contributed by atoms with Gasteiger partial charge in [0.15, 0.2) is 0 Å². The van der Waals surface area contributed by atoms with Gasteiger partial charge < -0.3 is 4.57 Å². The molecule has 3 heteroatoms. The maximum atomic E-state index is 12.5. The van der Waals surface area contributed by atoms with Gasteiger partial charge in [-0.15, -0.1) is 0 Å². The summed E-state index contributed by atoms with van der Waals surface area (Å²) in [6.45, 7) is 9.91. The van der Waals surface area contributed by atoms with Crippen molar-refractivity contribution in [3.05, 3.63) is 64.6 Å². The number of aromatic nitrogens is 1. The molecule has 2 nitrogen and oxygen atoms in total. The Bertz CT molecular complexity index is 669. The van der Waals surface area contributed by atoms with Crippen molar-refractivity contribution in [2.24, 2.45) is 5.92 Å². The van der Waals surface area contributed by atoms with Crippen LogP contribution in [0.15, 0.2) is 47.4 Å². The molecule has 0 saturated heterocycles. The number of pyridine rings is 1. The molecule has 0 aliphatic heterocycles. The minimum Gasteiger partial charge on any atom is -0.342 e. The number of rotatable bonds is 4. The normalized spacial score (nSPS) is 22.5. The average Bonchev–Trinajstić information content (AvgIpc) is 2.76. The van der Waals surface area contributed by atoms with Crippen LogP contribution in [0.1, 0.15) is 64.4 Å². The summed E-state index contributed by atoms with van der Waals surface area (Å²) in [6, 6.07) is 3.94. The average molecular weight is 399 g/mol. The number of allylic oxidation sites excluding steroid dienone is 5. The van der Waals surface area contributed by atoms with Gasteiger partial charge in [0.2, 0.25) is 5.56 Å². The Balaban J connectivity index is 0.00000288. The molecule has 1 aromatic heterocycles. The second-order valence-electron chi connectivity index (χ2n) is 6.80. The largest absolute Gasteiger partial charge is 0.342 e. The van der Waals surface area contributed by atoms with Gasteiger partial charge >= 0.3 is 0 Å². The van der Waals surface area contributed by atoms with E-state index in [9.17, 15) is 4.79 Å². The summed E-state index contributed by atoms with van der Waals surface area (Å²) in [7, 11) is 0. The minimum absolute atomic E-state index is 0. The maximum Gasteiger partial charge on any atom is 0.244 e. The van der Waals surface area contributed by atoms with Crippen molar-refractivity contribution in [3.8, 4) is 0 Å². The molecule has 127 valence electrons. The van der Waals surface area contributed by atoms with Crippen LogP contribution in [-0.4, -0.2) is 4.57 Å². The Hall–Kier alpha value is -0.726. The quantitative estimate of drug-likeness (QED) is 0.381. The zero-order valence-electron chi connectivity index (χ0n) is 15.2. The maximum absolute atomic E-state index is 12.5. The van der Waals surface area contributed by atoms with E-state index < -0.39 is 0 Å². The molecule has 2 unspecified atom stereocenters. The molecule has 0 spiro atoms. The van der Waals surface area contributed by atoms with Crippen molar-refractivity contribution >= 4 is 5.70 Å². The van der Waals surface area contributed by atoms with Crippen molar-refractivity contribution in [1.82, 2.24) is 4.57 Å². The monoisotopic (exact) mass is 399 g/mol. The van der Waals surface area contributed by atoms with Crippen LogP contribution in [0.3, 0.4) is 0 Å². The molecule has 1 saturated carbocycles. The van der Waals surface area contributed by atoms with Gasteiger partial charge in [-0.05, 0) is 42.5 Å². The van der Waals surface area contributed by atoms with Gasteiger partial charge in [-0.3, -0.25) is 4.79 Å². The predicted octanol–water partition coefficient (Wildman–Crippen LogP) is 5.33. The van der Waals surface area contributed by atoms with Crippen LogP contribution >= 0.6 is 0 Å². The predicted molar refractivity (Wildman–Crippen MR) is 98.3 cm³/mol. The molecular formula is C21H28NOY-. The van der Waals surface area contributed by atoms with Crippen molar-refractivity contribution in [2.45, 2.75) is 58.8 Å². The van der Waals surface area contributed by atoms with E-state index in [1.807, 2.05) is 32.2 Å². The second kappa shape index (κ2) is 10.3. The molecule has 1 radical (unpaired) electrons. The van der Waals surface area contributed by atoms with E-state index in [0.717, 1.165) is 17.2 Å². The van der Waals surface area contributed by atoms with Crippen LogP contribution in [0, 0.1) is 12.0 Å². The summed E-state index contributed by atoms with van der Waals surface area (Å²) in [5.41, 5.74) is 3.08. The van der Waals surface area contributed by atoms with Crippen LogP contribution in [0.4, 0.5) is 0 Å². The molecule has 0 bridgehead atoms. The number of hydrogen-bond acceptors (Lipinski definition) is 1. The van der Waals surface area contributed by atoms with E-state index in [4.69, 9.17) is 0 Å². The van der Waals surface area contributed by atoms with Gasteiger partial charge in [-0.25, -0.2) is 0 Å². The van der Waals surface area contributed by atoms with Crippen LogP contribution < -0.4 is 5.56 Å². The van der Waals surface area contributed by atoms with Gasteiger partial charge in [0, 0.05) is 38.8 Å². The Morgan fingerprint density at radius 2 is 2.04 bits per heavy atom. The van der Waals surface area contributed by atoms with Gasteiger partial charge in [-0.1, -0.05) is 45.7 Å². The van der Waals surface area contributed by atoms with E-state index in [-0.39, 0.29) is 38.3 Å². The fourth-order valence-corrected chi connectivity index (χ4v) is 3.21. The van der Waals surface area contributed by atoms with Gasteiger partial charge in [0.1, 0.15) is 0 Å². The van der Waals surface area contributed by atoms with Gasteiger partial charge in [0.25, 0.3) is 0 Å². The SMILES string of the molecule is C=CC(C)=[C-]/C=C(\C)n1ccc(C2CCCC(C)CC2)cc1=O.[Y]. The number of nitrogens with zero attached hydrogens (tertiary/aromatic N) is 1. The van der Waals surface area contributed by atoms with Crippen molar-refractivity contribution < 1.29 is 32.7 Å². The molecule has 1 aliphatic rings. The van der Waals surface area contributed by atoms with E-state index in [1.165, 1.54) is 37.7 Å². The Morgan fingerprint density at radius 1 is 1.29 bits per heavy atom. The zero-order valence-corrected chi connectivity index (χ0v) is 18.1. The van der Waals surface area contributed by atoms with Gasteiger partial charge in [0.05, 0.1) is 0 Å². The van der Waals surface area contributed by atoms with Crippen molar-refractivity contribution in [3.63, 3.8) is 0 Å². The first-order valence-electron chi connectivity index (χ1n) is 8.63. The topological polar surface area (TPSA) is 22.0 Å². The molecule has 1 aliphatic carbocycles. The molecule has 0 N–H and O–H groups in total. The second-order valence-corrected chi connectivity index (χ2v) is 6.80. The summed E-state index contributed by atoms with van der Waals surface area (Å²) in [5.74, 6) is 1.36. The van der Waals surface area contributed by atoms with Crippen LogP contribution in [0.5, 0.6) is 0 Å². The first-order valence-corrected chi connectivity index (χ1v) is 8.63. The summed E-state index contributed by atoms with van der Waals surface area (Å²) in [5, 5.41) is 0. The first kappa shape index (κ1) is 21.3. The summed E-state index contributed by atoms with van der Waals surface area (Å²) < 4.78 is 1.69. The molecule has 0 aromatic carbocycles. The molecule has 1 fully saturated rings. The van der Waals surface area contributed by atoms with E-state index in [0.29, 0.717) is 5.92 Å². The molecule has 0 amide bonds. The molecule has 24 heavy (non-hydrogen) atoms. The third-order valence-electron chi connectivity index (χ3n) is 4.87. The first-order chi connectivity index (χ1) is 11.0. The number of hydrogen-bond donors (Lipinski definition) is 0. The van der Waals surface area contributed by atoms with E-state index in [1.54, 1.807) is 10.6 Å². The van der Waals surface area contributed by atoms with Crippen LogP contribution in [0.2, 0.25) is 0 Å². The Labute approximate surface area is 171 Å². The molecule has 1 heterocycles. The third-order valence-corrected chi connectivity index (χ3v) is 4.87. The smallest absolute Gasteiger partial charge is 0.244 e. The molecular weight excluding hydrogens is 371 g/mol. The van der Waals surface area contributed by atoms with Crippen molar-refractivity contribution in [1.29, 1.82) is 0 Å². The van der Waals surface area contributed by atoms with Crippen molar-refractivity contribution in [2.75, 3.05) is 0 Å². The van der Waals surface area contributed by atoms with Gasteiger partial charge in [-0.2, -0.15) is 30.4 Å². The Kier molecular flexibility index (Phi) is 9.15. The zero-order chi connectivity index (χ0) is 16.8. The summed E-state index contributed by atoms with van der Waals surface area (Å²) >= 11 is 0. The summed E-state index contributed by atoms with van der Waals surface area (Å²) in [4.78, 5) is 12.5. The third kappa shape index (κ3) is 5.97. The van der Waals surface area contributed by atoms with Crippen LogP contribution in [0.25, 0.3) is 5.70 Å². The minimum atomic E-state index is 0.